The molecule has 0 aliphatic heterocycles. The summed E-state index contributed by atoms with van der Waals surface area (Å²) in [7, 11) is 0. The van der Waals surface area contributed by atoms with Crippen molar-refractivity contribution in [2.24, 2.45) is 0 Å². The minimum absolute atomic E-state index is 0.00675. The van der Waals surface area contributed by atoms with Gasteiger partial charge in [-0.1, -0.05) is 0 Å². The highest BCUT2D eigenvalue weighted by molar-refractivity contribution is 8.00. The average Bonchev–Trinajstić information content (AvgIpc) is 2.45. The first-order valence-electron chi connectivity index (χ1n) is 6.29. The Morgan fingerprint density at radius 2 is 1.91 bits per heavy atom. The first kappa shape index (κ1) is 18.6. The predicted molar refractivity (Wildman–Crippen MR) is 78.6 cm³/mol. The maximum atomic E-state index is 12.2. The molecule has 1 aromatic rings. The van der Waals surface area contributed by atoms with Crippen LogP contribution in [0, 0.1) is 11.3 Å². The van der Waals surface area contributed by atoms with Crippen LogP contribution in [0.3, 0.4) is 0 Å². The summed E-state index contributed by atoms with van der Waals surface area (Å²) < 4.78 is 36.6. The van der Waals surface area contributed by atoms with Crippen LogP contribution in [0.15, 0.2) is 29.2 Å². The Hall–Kier alpha value is -2.41. The van der Waals surface area contributed by atoms with Gasteiger partial charge in [0.05, 0.1) is 6.07 Å². The monoisotopic (exact) mass is 346 g/mol. The Bertz CT molecular complexity index is 599. The molecule has 6 nitrogen and oxygen atoms in total. The first-order chi connectivity index (χ1) is 10.7. The molecule has 0 spiro atoms. The van der Waals surface area contributed by atoms with Crippen molar-refractivity contribution in [3.8, 4) is 6.07 Å². The van der Waals surface area contributed by atoms with Crippen LogP contribution in [0.1, 0.15) is 6.92 Å². The number of alkyl halides is 3. The number of nitrogens with zero attached hydrogens (tertiary/aromatic N) is 1. The molecule has 1 rings (SSSR count). The summed E-state index contributed by atoms with van der Waals surface area (Å²) in [5.41, 5.74) is -4.10. The molecule has 0 radical (unpaired) electrons. The van der Waals surface area contributed by atoms with Crippen LogP contribution in [0.2, 0.25) is 0 Å². The van der Waals surface area contributed by atoms with Crippen LogP contribution in [-0.2, 0) is 4.79 Å². The molecule has 1 unspecified atom stereocenters. The predicted octanol–water partition coefficient (Wildman–Crippen LogP) is 2.45. The van der Waals surface area contributed by atoms with Crippen molar-refractivity contribution < 1.29 is 22.8 Å². The lowest BCUT2D eigenvalue weighted by molar-refractivity contribution is -0.122. The van der Waals surface area contributed by atoms with Crippen molar-refractivity contribution in [1.29, 1.82) is 5.26 Å². The number of carbonyl (C=O) groups is 2. The minimum Gasteiger partial charge on any atom is -0.341 e. The number of hydrogen-bond donors (Lipinski definition) is 3. The van der Waals surface area contributed by atoms with E-state index >= 15 is 0 Å². The van der Waals surface area contributed by atoms with Crippen LogP contribution in [-0.4, -0.2) is 30.0 Å². The molecule has 10 heteroatoms. The van der Waals surface area contributed by atoms with E-state index in [0.29, 0.717) is 0 Å². The summed E-state index contributed by atoms with van der Waals surface area (Å²) in [5, 5.41) is 15.3. The number of thioether (sulfide) groups is 1. The fourth-order valence-electron chi connectivity index (χ4n) is 1.45. The van der Waals surface area contributed by atoms with Gasteiger partial charge in [0.1, 0.15) is 12.6 Å². The molecule has 1 atom stereocenters. The fourth-order valence-corrected chi connectivity index (χ4v) is 1.99. The molecular formula is C13H13F3N4O2S. The Kier molecular flexibility index (Phi) is 6.71. The van der Waals surface area contributed by atoms with Gasteiger partial charge in [0.15, 0.2) is 0 Å². The van der Waals surface area contributed by atoms with E-state index in [1.54, 1.807) is 6.07 Å². The molecule has 0 fully saturated rings. The third-order valence-corrected chi connectivity index (χ3v) is 3.17. The van der Waals surface area contributed by atoms with Gasteiger partial charge < -0.3 is 16.0 Å². The summed E-state index contributed by atoms with van der Waals surface area (Å²) in [6.45, 7) is 1.25. The zero-order valence-electron chi connectivity index (χ0n) is 11.9. The van der Waals surface area contributed by atoms with Crippen molar-refractivity contribution in [2.45, 2.75) is 23.4 Å². The molecule has 1 aromatic carbocycles. The summed E-state index contributed by atoms with van der Waals surface area (Å²) in [5.74, 6) is -0.529. The molecule has 3 amide bonds. The van der Waals surface area contributed by atoms with E-state index in [1.807, 2.05) is 0 Å². The Morgan fingerprint density at radius 3 is 2.43 bits per heavy atom. The van der Waals surface area contributed by atoms with Crippen LogP contribution >= 0.6 is 11.8 Å². The van der Waals surface area contributed by atoms with Gasteiger partial charge in [-0.25, -0.2) is 4.79 Å². The van der Waals surface area contributed by atoms with E-state index in [9.17, 15) is 22.8 Å². The zero-order chi connectivity index (χ0) is 17.5. The van der Waals surface area contributed by atoms with Gasteiger partial charge in [-0.05, 0) is 43.0 Å². The Morgan fingerprint density at radius 1 is 1.30 bits per heavy atom. The van der Waals surface area contributed by atoms with Crippen LogP contribution < -0.4 is 16.0 Å². The first-order valence-corrected chi connectivity index (χ1v) is 7.11. The largest absolute Gasteiger partial charge is 0.446 e. The smallest absolute Gasteiger partial charge is 0.341 e. The summed E-state index contributed by atoms with van der Waals surface area (Å²) >= 11 is -0.257. The number of halogens is 3. The number of urea groups is 1. The number of hydrogen-bond acceptors (Lipinski definition) is 4. The summed E-state index contributed by atoms with van der Waals surface area (Å²) in [4.78, 5) is 23.1. The van der Waals surface area contributed by atoms with E-state index in [0.717, 1.165) is 0 Å². The number of carbonyl (C=O) groups excluding carboxylic acids is 2. The van der Waals surface area contributed by atoms with Gasteiger partial charge in [-0.3, -0.25) is 4.79 Å². The standard InChI is InChI=1S/C13H13F3N4O2S/c1-8(11(21)18-7-6-17)19-12(22)20-9-2-4-10(5-3-9)23-13(14,15)16/h2-5,8H,7H2,1H3,(H,18,21)(H2,19,20,22). The van der Waals surface area contributed by atoms with Crippen LogP contribution in [0.25, 0.3) is 0 Å². The van der Waals surface area contributed by atoms with Gasteiger partial charge in [0.25, 0.3) is 0 Å². The van der Waals surface area contributed by atoms with Crippen molar-refractivity contribution in [3.05, 3.63) is 24.3 Å². The van der Waals surface area contributed by atoms with E-state index in [2.05, 4.69) is 16.0 Å². The average molecular weight is 346 g/mol. The van der Waals surface area contributed by atoms with E-state index in [4.69, 9.17) is 5.26 Å². The second kappa shape index (κ2) is 8.28. The van der Waals surface area contributed by atoms with Crippen LogP contribution in [0.5, 0.6) is 0 Å². The molecule has 0 aromatic heterocycles. The highest BCUT2D eigenvalue weighted by Gasteiger charge is 2.29. The highest BCUT2D eigenvalue weighted by Crippen LogP contribution is 2.36. The van der Waals surface area contributed by atoms with Gasteiger partial charge in [0, 0.05) is 10.6 Å². The second-order valence-electron chi connectivity index (χ2n) is 4.27. The SMILES string of the molecule is CC(NC(=O)Nc1ccc(SC(F)(F)F)cc1)C(=O)NCC#N. The maximum Gasteiger partial charge on any atom is 0.446 e. The molecule has 0 aliphatic carbocycles. The molecule has 0 bridgehead atoms. The van der Waals surface area contributed by atoms with Crippen molar-refractivity contribution in [1.82, 2.24) is 10.6 Å². The fraction of sp³-hybridized carbons (Fsp3) is 0.308. The Balaban J connectivity index is 2.51. The van der Waals surface area contributed by atoms with Gasteiger partial charge in [-0.2, -0.15) is 18.4 Å². The quantitative estimate of drug-likeness (QED) is 0.564. The Labute approximate surface area is 134 Å². The van der Waals surface area contributed by atoms with Gasteiger partial charge >= 0.3 is 11.5 Å². The topological polar surface area (TPSA) is 94.0 Å². The third kappa shape index (κ3) is 7.42. The van der Waals surface area contributed by atoms with E-state index < -0.39 is 23.5 Å². The van der Waals surface area contributed by atoms with Crippen molar-refractivity contribution in [2.75, 3.05) is 11.9 Å². The van der Waals surface area contributed by atoms with E-state index in [1.165, 1.54) is 31.2 Å². The molecule has 0 saturated carbocycles. The molecule has 0 saturated heterocycles. The lowest BCUT2D eigenvalue weighted by atomic mass is 10.3. The summed E-state index contributed by atoms with van der Waals surface area (Å²) in [6.07, 6.45) is 0. The molecule has 0 heterocycles. The molecule has 23 heavy (non-hydrogen) atoms. The number of benzene rings is 1. The van der Waals surface area contributed by atoms with Gasteiger partial charge in [-0.15, -0.1) is 0 Å². The van der Waals surface area contributed by atoms with E-state index in [-0.39, 0.29) is 28.9 Å². The van der Waals surface area contributed by atoms with Gasteiger partial charge in [0.2, 0.25) is 5.91 Å². The number of nitriles is 1. The molecular weight excluding hydrogens is 333 g/mol. The number of anilines is 1. The number of rotatable bonds is 5. The third-order valence-electron chi connectivity index (χ3n) is 2.43. The lowest BCUT2D eigenvalue weighted by Gasteiger charge is -2.14. The second-order valence-corrected chi connectivity index (χ2v) is 5.41. The van der Waals surface area contributed by atoms with Crippen LogP contribution in [0.4, 0.5) is 23.7 Å². The molecule has 3 N–H and O–H groups in total. The maximum absolute atomic E-state index is 12.2. The molecule has 0 aliphatic rings. The zero-order valence-corrected chi connectivity index (χ0v) is 12.7. The normalized spacial score (nSPS) is 12.0. The minimum atomic E-state index is -4.38. The summed E-state index contributed by atoms with van der Waals surface area (Å²) in [6, 6.07) is 5.23. The number of amides is 3. The van der Waals surface area contributed by atoms with Crippen molar-refractivity contribution >= 4 is 29.4 Å². The number of nitrogens with one attached hydrogen (secondary N) is 3. The highest BCUT2D eigenvalue weighted by atomic mass is 32.2. The molecule has 124 valence electrons. The lowest BCUT2D eigenvalue weighted by Crippen LogP contribution is -2.46. The van der Waals surface area contributed by atoms with Crippen molar-refractivity contribution in [3.63, 3.8) is 0 Å².